The van der Waals surface area contributed by atoms with Crippen LogP contribution in [-0.4, -0.2) is 39.4 Å². The zero-order chi connectivity index (χ0) is 15.7. The van der Waals surface area contributed by atoms with E-state index in [1.807, 2.05) is 0 Å². The van der Waals surface area contributed by atoms with Gasteiger partial charge in [0.2, 0.25) is 15.9 Å². The smallest absolute Gasteiger partial charge is 0.241 e. The highest BCUT2D eigenvalue weighted by Crippen LogP contribution is 2.30. The van der Waals surface area contributed by atoms with Crippen molar-refractivity contribution in [2.24, 2.45) is 0 Å². The monoisotopic (exact) mass is 339 g/mol. The van der Waals surface area contributed by atoms with E-state index in [-0.39, 0.29) is 26.5 Å². The average molecular weight is 340 g/mol. The predicted molar refractivity (Wildman–Crippen MR) is 79.4 cm³/mol. The fourth-order valence-electron chi connectivity index (χ4n) is 1.45. The molecule has 0 saturated heterocycles. The number of carbonyl (C=O) groups is 1. The molecule has 0 aliphatic rings. The van der Waals surface area contributed by atoms with Crippen LogP contribution in [-0.2, 0) is 14.8 Å². The molecule has 1 aromatic rings. The van der Waals surface area contributed by atoms with Crippen LogP contribution >= 0.6 is 23.2 Å². The standard InChI is InChI=1S/C11H15Cl2N3O3S/c1-6(11(17)16(2)3)15-20(18,19)7-4-8(12)10(14)9(13)5-7/h4-6,15H,14H2,1-3H3/t6-/m1/s1. The van der Waals surface area contributed by atoms with Crippen LogP contribution in [0.2, 0.25) is 10.0 Å². The summed E-state index contributed by atoms with van der Waals surface area (Å²) in [5.41, 5.74) is 5.64. The molecule has 3 N–H and O–H groups in total. The first-order valence-corrected chi connectivity index (χ1v) is 7.78. The second kappa shape index (κ2) is 6.17. The summed E-state index contributed by atoms with van der Waals surface area (Å²) in [6, 6.07) is 1.45. The first-order chi connectivity index (χ1) is 9.06. The van der Waals surface area contributed by atoms with Crippen molar-refractivity contribution < 1.29 is 13.2 Å². The van der Waals surface area contributed by atoms with Gasteiger partial charge in [0.25, 0.3) is 0 Å². The maximum Gasteiger partial charge on any atom is 0.241 e. The van der Waals surface area contributed by atoms with Gasteiger partial charge in [0.1, 0.15) is 0 Å². The molecule has 1 rings (SSSR count). The van der Waals surface area contributed by atoms with E-state index in [0.717, 1.165) is 0 Å². The van der Waals surface area contributed by atoms with Crippen LogP contribution in [0.5, 0.6) is 0 Å². The van der Waals surface area contributed by atoms with E-state index >= 15 is 0 Å². The van der Waals surface area contributed by atoms with E-state index in [2.05, 4.69) is 4.72 Å². The highest BCUT2D eigenvalue weighted by Gasteiger charge is 2.24. The Labute approximate surface area is 127 Å². The van der Waals surface area contributed by atoms with Gasteiger partial charge in [-0.05, 0) is 19.1 Å². The molecule has 0 radical (unpaired) electrons. The van der Waals surface area contributed by atoms with Crippen LogP contribution < -0.4 is 10.5 Å². The molecule has 0 bridgehead atoms. The molecular weight excluding hydrogens is 325 g/mol. The average Bonchev–Trinajstić information content (AvgIpc) is 2.33. The van der Waals surface area contributed by atoms with Gasteiger partial charge >= 0.3 is 0 Å². The zero-order valence-corrected chi connectivity index (χ0v) is 13.5. The molecule has 0 saturated carbocycles. The lowest BCUT2D eigenvalue weighted by Gasteiger charge is -2.18. The maximum atomic E-state index is 12.1. The number of halogens is 2. The Bertz CT molecular complexity index is 609. The van der Waals surface area contributed by atoms with Crippen LogP contribution in [0.3, 0.4) is 0 Å². The van der Waals surface area contributed by atoms with Crippen LogP contribution in [0.25, 0.3) is 0 Å². The van der Waals surface area contributed by atoms with Crippen LogP contribution in [0.1, 0.15) is 6.92 Å². The Balaban J connectivity index is 3.09. The minimum absolute atomic E-state index is 0.0319. The van der Waals surface area contributed by atoms with Crippen molar-refractivity contribution in [2.45, 2.75) is 17.9 Å². The van der Waals surface area contributed by atoms with Crippen LogP contribution in [0, 0.1) is 0 Å². The van der Waals surface area contributed by atoms with Gasteiger partial charge in [-0.2, -0.15) is 4.72 Å². The normalized spacial score (nSPS) is 13.1. The van der Waals surface area contributed by atoms with Gasteiger partial charge in [-0.15, -0.1) is 0 Å². The summed E-state index contributed by atoms with van der Waals surface area (Å²) in [4.78, 5) is 12.8. The summed E-state index contributed by atoms with van der Waals surface area (Å²) >= 11 is 11.6. The van der Waals surface area contributed by atoms with Gasteiger partial charge in [0, 0.05) is 14.1 Å². The number of sulfonamides is 1. The summed E-state index contributed by atoms with van der Waals surface area (Å²) in [5.74, 6) is -0.374. The number of amides is 1. The fourth-order valence-corrected chi connectivity index (χ4v) is 3.32. The summed E-state index contributed by atoms with van der Waals surface area (Å²) in [5, 5.41) is 0.0638. The van der Waals surface area contributed by atoms with Crippen molar-refractivity contribution in [3.05, 3.63) is 22.2 Å². The third kappa shape index (κ3) is 3.76. The lowest BCUT2D eigenvalue weighted by molar-refractivity contribution is -0.130. The van der Waals surface area contributed by atoms with Crippen LogP contribution in [0.15, 0.2) is 17.0 Å². The molecule has 9 heteroatoms. The molecule has 1 amide bonds. The van der Waals surface area contributed by atoms with E-state index in [0.29, 0.717) is 0 Å². The van der Waals surface area contributed by atoms with Gasteiger partial charge in [-0.3, -0.25) is 4.79 Å². The molecule has 0 aliphatic carbocycles. The number of rotatable bonds is 4. The second-order valence-corrected chi connectivity index (χ2v) is 6.90. The van der Waals surface area contributed by atoms with Gasteiger partial charge in [-0.25, -0.2) is 8.42 Å². The number of hydrogen-bond acceptors (Lipinski definition) is 4. The Kier molecular flexibility index (Phi) is 5.26. The quantitative estimate of drug-likeness (QED) is 0.809. The minimum atomic E-state index is -3.92. The zero-order valence-electron chi connectivity index (χ0n) is 11.1. The molecule has 0 unspecified atom stereocenters. The predicted octanol–water partition coefficient (Wildman–Crippen LogP) is 1.33. The SMILES string of the molecule is C[C@@H](NS(=O)(=O)c1cc(Cl)c(N)c(Cl)c1)C(=O)N(C)C. The number of nitrogens with two attached hydrogens (primary N) is 1. The summed E-state index contributed by atoms with van der Waals surface area (Å²) in [6.07, 6.45) is 0. The van der Waals surface area contributed by atoms with Crippen molar-refractivity contribution in [1.82, 2.24) is 9.62 Å². The lowest BCUT2D eigenvalue weighted by atomic mass is 10.3. The van der Waals surface area contributed by atoms with Crippen molar-refractivity contribution in [1.29, 1.82) is 0 Å². The Hall–Kier alpha value is -1.02. The van der Waals surface area contributed by atoms with Gasteiger partial charge < -0.3 is 10.6 Å². The lowest BCUT2D eigenvalue weighted by Crippen LogP contribution is -2.44. The number of likely N-dealkylation sites (N-methyl/N-ethyl adjacent to an activating group) is 1. The highest BCUT2D eigenvalue weighted by molar-refractivity contribution is 7.89. The van der Waals surface area contributed by atoms with E-state index in [9.17, 15) is 13.2 Å². The molecule has 1 aromatic carbocycles. The molecule has 0 fully saturated rings. The summed E-state index contributed by atoms with van der Waals surface area (Å²) in [7, 11) is -0.858. The van der Waals surface area contributed by atoms with Crippen molar-refractivity contribution in [3.63, 3.8) is 0 Å². The van der Waals surface area contributed by atoms with Gasteiger partial charge in [0.15, 0.2) is 0 Å². The molecule has 6 nitrogen and oxygen atoms in total. The van der Waals surface area contributed by atoms with E-state index in [4.69, 9.17) is 28.9 Å². The number of benzene rings is 1. The van der Waals surface area contributed by atoms with Crippen molar-refractivity contribution in [2.75, 3.05) is 19.8 Å². The van der Waals surface area contributed by atoms with E-state index in [1.54, 1.807) is 0 Å². The number of nitrogens with one attached hydrogen (secondary N) is 1. The molecular formula is C11H15Cl2N3O3S. The van der Waals surface area contributed by atoms with E-state index in [1.165, 1.54) is 38.1 Å². The third-order valence-corrected chi connectivity index (χ3v) is 4.65. The molecule has 0 aromatic heterocycles. The second-order valence-electron chi connectivity index (χ2n) is 4.38. The fraction of sp³-hybridized carbons (Fsp3) is 0.364. The topological polar surface area (TPSA) is 92.5 Å². The summed E-state index contributed by atoms with van der Waals surface area (Å²) < 4.78 is 26.5. The molecule has 0 heterocycles. The Morgan fingerprint density at radius 2 is 1.75 bits per heavy atom. The number of nitrogens with zero attached hydrogens (tertiary/aromatic N) is 1. The largest absolute Gasteiger partial charge is 0.396 e. The maximum absolute atomic E-state index is 12.1. The Morgan fingerprint density at radius 1 is 1.30 bits per heavy atom. The number of carbonyl (C=O) groups excluding carboxylic acids is 1. The first kappa shape index (κ1) is 17.0. The molecule has 0 spiro atoms. The minimum Gasteiger partial charge on any atom is -0.396 e. The van der Waals surface area contributed by atoms with Gasteiger partial charge in [-0.1, -0.05) is 23.2 Å². The molecule has 112 valence electrons. The number of nitrogen functional groups attached to an aromatic ring is 1. The van der Waals surface area contributed by atoms with Crippen molar-refractivity contribution in [3.8, 4) is 0 Å². The molecule has 20 heavy (non-hydrogen) atoms. The first-order valence-electron chi connectivity index (χ1n) is 5.54. The highest BCUT2D eigenvalue weighted by atomic mass is 35.5. The summed E-state index contributed by atoms with van der Waals surface area (Å²) in [6.45, 7) is 1.44. The third-order valence-electron chi connectivity index (χ3n) is 2.51. The number of hydrogen-bond donors (Lipinski definition) is 2. The van der Waals surface area contributed by atoms with E-state index < -0.39 is 16.1 Å². The number of anilines is 1. The van der Waals surface area contributed by atoms with Crippen molar-refractivity contribution >= 4 is 44.8 Å². The molecule has 1 atom stereocenters. The molecule has 0 aliphatic heterocycles. The Morgan fingerprint density at radius 3 is 2.15 bits per heavy atom. The van der Waals surface area contributed by atoms with Gasteiger partial charge in [0.05, 0.1) is 26.7 Å². The van der Waals surface area contributed by atoms with Crippen LogP contribution in [0.4, 0.5) is 5.69 Å².